The van der Waals surface area contributed by atoms with E-state index in [0.29, 0.717) is 18.5 Å². The molecule has 0 amide bonds. The molecule has 0 aliphatic carbocycles. The van der Waals surface area contributed by atoms with Crippen LogP contribution in [0.25, 0.3) is 0 Å². The van der Waals surface area contributed by atoms with E-state index in [1.165, 1.54) is 38.1 Å². The molecule has 0 radical (unpaired) electrons. The molecule has 1 saturated heterocycles. The number of guanidine groups is 1. The number of rotatable bonds is 6. The van der Waals surface area contributed by atoms with Gasteiger partial charge in [-0.15, -0.1) is 24.0 Å². The molecule has 0 aromatic heterocycles. The van der Waals surface area contributed by atoms with Crippen LogP contribution >= 0.6 is 24.0 Å². The largest absolute Gasteiger partial charge is 0.355 e. The van der Waals surface area contributed by atoms with Crippen LogP contribution < -0.4 is 10.6 Å². The van der Waals surface area contributed by atoms with E-state index >= 15 is 0 Å². The number of benzene rings is 1. The molecular weight excluding hydrogens is 418 g/mol. The van der Waals surface area contributed by atoms with Gasteiger partial charge in [-0.1, -0.05) is 26.0 Å². The van der Waals surface area contributed by atoms with E-state index in [9.17, 15) is 4.39 Å². The van der Waals surface area contributed by atoms with E-state index in [1.807, 2.05) is 0 Å². The lowest BCUT2D eigenvalue weighted by Crippen LogP contribution is -2.48. The Morgan fingerprint density at radius 2 is 1.79 bits per heavy atom. The monoisotopic (exact) mass is 448 g/mol. The fraction of sp³-hybridized carbons (Fsp3) is 0.611. The highest BCUT2D eigenvalue weighted by molar-refractivity contribution is 14.0. The number of hydrogen-bond acceptors (Lipinski definition) is 2. The van der Waals surface area contributed by atoms with Crippen molar-refractivity contribution < 1.29 is 4.39 Å². The van der Waals surface area contributed by atoms with Crippen LogP contribution in [0.5, 0.6) is 0 Å². The van der Waals surface area contributed by atoms with E-state index in [0.717, 1.165) is 18.1 Å². The lowest BCUT2D eigenvalue weighted by Gasteiger charge is -2.31. The Hall–Kier alpha value is -0.890. The fourth-order valence-electron chi connectivity index (χ4n) is 3.07. The van der Waals surface area contributed by atoms with Crippen molar-refractivity contribution in [3.63, 3.8) is 0 Å². The van der Waals surface area contributed by atoms with Gasteiger partial charge in [0.1, 0.15) is 5.82 Å². The molecule has 1 aliphatic heterocycles. The second-order valence-corrected chi connectivity index (χ2v) is 6.49. The van der Waals surface area contributed by atoms with E-state index < -0.39 is 0 Å². The molecule has 1 aromatic rings. The third kappa shape index (κ3) is 6.55. The third-order valence-electron chi connectivity index (χ3n) is 4.45. The molecule has 0 spiro atoms. The first-order valence-corrected chi connectivity index (χ1v) is 8.53. The quantitative estimate of drug-likeness (QED) is 0.399. The molecule has 136 valence electrons. The summed E-state index contributed by atoms with van der Waals surface area (Å²) in [5.41, 5.74) is 1.04. The van der Waals surface area contributed by atoms with Gasteiger partial charge in [-0.05, 0) is 49.5 Å². The van der Waals surface area contributed by atoms with Crippen molar-refractivity contribution in [2.24, 2.45) is 10.9 Å². The fourth-order valence-corrected chi connectivity index (χ4v) is 3.07. The molecule has 1 atom stereocenters. The molecule has 1 aromatic carbocycles. The molecule has 1 unspecified atom stereocenters. The number of nitrogens with zero attached hydrogens (tertiary/aromatic N) is 2. The summed E-state index contributed by atoms with van der Waals surface area (Å²) in [6.07, 6.45) is 2.61. The van der Waals surface area contributed by atoms with Gasteiger partial charge in [0.05, 0.1) is 0 Å². The van der Waals surface area contributed by atoms with Crippen LogP contribution in [0, 0.1) is 11.7 Å². The number of halogens is 2. The zero-order chi connectivity index (χ0) is 16.7. The highest BCUT2D eigenvalue weighted by Crippen LogP contribution is 2.17. The van der Waals surface area contributed by atoms with E-state index in [-0.39, 0.29) is 29.8 Å². The van der Waals surface area contributed by atoms with Gasteiger partial charge in [0.25, 0.3) is 0 Å². The van der Waals surface area contributed by atoms with Crippen LogP contribution in [-0.4, -0.2) is 43.6 Å². The Labute approximate surface area is 162 Å². The minimum Gasteiger partial charge on any atom is -0.355 e. The molecule has 1 fully saturated rings. The summed E-state index contributed by atoms with van der Waals surface area (Å²) in [5, 5.41) is 6.72. The lowest BCUT2D eigenvalue weighted by atomic mass is 10.0. The van der Waals surface area contributed by atoms with E-state index in [4.69, 9.17) is 0 Å². The summed E-state index contributed by atoms with van der Waals surface area (Å²) in [5.74, 6) is 1.19. The van der Waals surface area contributed by atoms with Crippen molar-refractivity contribution in [3.8, 4) is 0 Å². The van der Waals surface area contributed by atoms with Crippen molar-refractivity contribution >= 4 is 29.9 Å². The minimum absolute atomic E-state index is 0. The number of likely N-dealkylation sites (tertiary alicyclic amines) is 1. The van der Waals surface area contributed by atoms with Crippen molar-refractivity contribution in [1.29, 1.82) is 0 Å². The van der Waals surface area contributed by atoms with Crippen LogP contribution in [0.4, 0.5) is 4.39 Å². The van der Waals surface area contributed by atoms with Gasteiger partial charge < -0.3 is 10.6 Å². The van der Waals surface area contributed by atoms with E-state index in [1.54, 1.807) is 19.2 Å². The van der Waals surface area contributed by atoms with Gasteiger partial charge in [-0.2, -0.15) is 0 Å². The number of nitrogens with one attached hydrogen (secondary N) is 2. The average Bonchev–Trinajstić information content (AvgIpc) is 3.06. The number of hydrogen-bond donors (Lipinski definition) is 2. The smallest absolute Gasteiger partial charge is 0.191 e. The maximum atomic E-state index is 12.9. The molecule has 2 N–H and O–H groups in total. The minimum atomic E-state index is -0.207. The summed E-state index contributed by atoms with van der Waals surface area (Å²) < 4.78 is 12.9. The van der Waals surface area contributed by atoms with Gasteiger partial charge in [0, 0.05) is 26.2 Å². The van der Waals surface area contributed by atoms with Crippen LogP contribution in [0.2, 0.25) is 0 Å². The molecule has 4 nitrogen and oxygen atoms in total. The van der Waals surface area contributed by atoms with Crippen molar-refractivity contribution in [3.05, 3.63) is 35.6 Å². The second-order valence-electron chi connectivity index (χ2n) is 6.49. The first-order valence-electron chi connectivity index (χ1n) is 8.53. The molecule has 1 aliphatic rings. The van der Waals surface area contributed by atoms with Crippen LogP contribution in [0.3, 0.4) is 0 Å². The van der Waals surface area contributed by atoms with Crippen LogP contribution in [-0.2, 0) is 6.54 Å². The van der Waals surface area contributed by atoms with Gasteiger partial charge in [-0.25, -0.2) is 4.39 Å². The van der Waals surface area contributed by atoms with Gasteiger partial charge in [-0.3, -0.25) is 9.89 Å². The standard InChI is InChI=1S/C18H29FN4.HI/c1-14(2)17(23-10-4-5-11-23)13-22-18(20-3)21-12-15-6-8-16(19)9-7-15;/h6-9,14,17H,4-5,10-13H2,1-3H3,(H2,20,21,22);1H. The summed E-state index contributed by atoms with van der Waals surface area (Å²) in [4.78, 5) is 6.85. The summed E-state index contributed by atoms with van der Waals surface area (Å²) in [7, 11) is 1.78. The molecule has 24 heavy (non-hydrogen) atoms. The summed E-state index contributed by atoms with van der Waals surface area (Å²) in [6, 6.07) is 7.07. The lowest BCUT2D eigenvalue weighted by molar-refractivity contribution is 0.192. The van der Waals surface area contributed by atoms with Crippen molar-refractivity contribution in [2.75, 3.05) is 26.7 Å². The Bertz CT molecular complexity index is 498. The topological polar surface area (TPSA) is 39.7 Å². The van der Waals surface area contributed by atoms with Gasteiger partial charge >= 0.3 is 0 Å². The normalized spacial score (nSPS) is 16.8. The highest BCUT2D eigenvalue weighted by atomic mass is 127. The Morgan fingerprint density at radius 1 is 1.17 bits per heavy atom. The van der Waals surface area contributed by atoms with Crippen LogP contribution in [0.15, 0.2) is 29.3 Å². The highest BCUT2D eigenvalue weighted by Gasteiger charge is 2.24. The molecule has 2 rings (SSSR count). The Morgan fingerprint density at radius 3 is 2.33 bits per heavy atom. The van der Waals surface area contributed by atoms with Gasteiger partial charge in [0.15, 0.2) is 5.96 Å². The first-order chi connectivity index (χ1) is 11.1. The Balaban J connectivity index is 0.00000288. The van der Waals surface area contributed by atoms with E-state index in [2.05, 4.69) is 34.4 Å². The van der Waals surface area contributed by atoms with Gasteiger partial charge in [0.2, 0.25) is 0 Å². The molecule has 0 saturated carbocycles. The van der Waals surface area contributed by atoms with Crippen LogP contribution in [0.1, 0.15) is 32.3 Å². The predicted octanol–water partition coefficient (Wildman–Crippen LogP) is 3.23. The first kappa shape index (κ1) is 21.2. The maximum absolute atomic E-state index is 12.9. The number of aliphatic imine (C=N–C) groups is 1. The third-order valence-corrected chi connectivity index (χ3v) is 4.45. The summed E-state index contributed by atoms with van der Waals surface area (Å²) in [6.45, 7) is 8.48. The molecule has 0 bridgehead atoms. The summed E-state index contributed by atoms with van der Waals surface area (Å²) >= 11 is 0. The Kier molecular flexibility index (Phi) is 9.58. The molecular formula is C18H30FIN4. The zero-order valence-corrected chi connectivity index (χ0v) is 17.2. The van der Waals surface area contributed by atoms with Crippen molar-refractivity contribution in [1.82, 2.24) is 15.5 Å². The van der Waals surface area contributed by atoms with Crippen molar-refractivity contribution in [2.45, 2.75) is 39.3 Å². The average molecular weight is 448 g/mol. The zero-order valence-electron chi connectivity index (χ0n) is 14.9. The second kappa shape index (κ2) is 10.9. The molecule has 6 heteroatoms. The predicted molar refractivity (Wildman–Crippen MR) is 109 cm³/mol. The molecule has 1 heterocycles. The SMILES string of the molecule is CN=C(NCc1ccc(F)cc1)NCC(C(C)C)N1CCCC1.I. The maximum Gasteiger partial charge on any atom is 0.191 e.